The molecule has 0 fully saturated rings. The molecule has 0 aliphatic heterocycles. The zero-order valence-corrected chi connectivity index (χ0v) is 13.8. The van der Waals surface area contributed by atoms with Crippen LogP contribution in [-0.4, -0.2) is 6.54 Å². The third kappa shape index (κ3) is 4.33. The molecule has 0 aromatic heterocycles. The van der Waals surface area contributed by atoms with Crippen molar-refractivity contribution in [1.29, 1.82) is 0 Å². The first kappa shape index (κ1) is 16.6. The van der Waals surface area contributed by atoms with Crippen LogP contribution >= 0.6 is 34.8 Å². The first-order valence-corrected chi connectivity index (χ1v) is 7.70. The lowest BCUT2D eigenvalue weighted by atomic mass is 10.1. The molecule has 0 aliphatic rings. The highest BCUT2D eigenvalue weighted by Crippen LogP contribution is 2.31. The third-order valence-electron chi connectivity index (χ3n) is 3.32. The highest BCUT2D eigenvalue weighted by atomic mass is 35.5. The minimum Gasteiger partial charge on any atom is -0.312 e. The second-order valence-corrected chi connectivity index (χ2v) is 6.01. The van der Waals surface area contributed by atoms with E-state index in [9.17, 15) is 4.39 Å². The number of halogens is 4. The Morgan fingerprint density at radius 2 is 1.76 bits per heavy atom. The Hall–Kier alpha value is -0.800. The van der Waals surface area contributed by atoms with E-state index < -0.39 is 0 Å². The van der Waals surface area contributed by atoms with Crippen molar-refractivity contribution in [3.63, 3.8) is 0 Å². The molecular formula is C16H15Cl3FN. The van der Waals surface area contributed by atoms with E-state index in [1.54, 1.807) is 18.2 Å². The fraction of sp³-hybridized carbons (Fsp3) is 0.250. The molecule has 0 radical (unpaired) electrons. The number of aryl methyl sites for hydroxylation is 1. The normalized spacial score (nSPS) is 10.9. The summed E-state index contributed by atoms with van der Waals surface area (Å²) in [5.74, 6) is -0.207. The van der Waals surface area contributed by atoms with Crippen molar-refractivity contribution < 1.29 is 4.39 Å². The van der Waals surface area contributed by atoms with Crippen LogP contribution in [0.1, 0.15) is 16.7 Å². The number of hydrogen-bond acceptors (Lipinski definition) is 1. The molecule has 0 heterocycles. The summed E-state index contributed by atoms with van der Waals surface area (Å²) < 4.78 is 13.0. The van der Waals surface area contributed by atoms with Crippen molar-refractivity contribution in [2.45, 2.75) is 19.9 Å². The summed E-state index contributed by atoms with van der Waals surface area (Å²) in [6, 6.07) is 8.24. The molecule has 2 rings (SSSR count). The van der Waals surface area contributed by atoms with Crippen LogP contribution in [0.2, 0.25) is 15.1 Å². The highest BCUT2D eigenvalue weighted by molar-refractivity contribution is 6.44. The van der Waals surface area contributed by atoms with Gasteiger partial charge in [0.15, 0.2) is 0 Å². The first-order valence-electron chi connectivity index (χ1n) is 6.57. The predicted octanol–water partition coefficient (Wildman–Crippen LogP) is 5.43. The summed E-state index contributed by atoms with van der Waals surface area (Å²) in [4.78, 5) is 0. The molecule has 0 amide bonds. The van der Waals surface area contributed by atoms with Crippen LogP contribution in [0, 0.1) is 12.7 Å². The van der Waals surface area contributed by atoms with Crippen molar-refractivity contribution in [3.05, 3.63) is 67.9 Å². The molecule has 0 bridgehead atoms. The maximum absolute atomic E-state index is 13.0. The lowest BCUT2D eigenvalue weighted by Crippen LogP contribution is -2.17. The molecule has 1 nitrogen and oxygen atoms in total. The van der Waals surface area contributed by atoms with Gasteiger partial charge in [-0.05, 0) is 55.3 Å². The van der Waals surface area contributed by atoms with Gasteiger partial charge in [0, 0.05) is 17.1 Å². The Bertz CT molecular complexity index is 644. The maximum atomic E-state index is 13.0. The van der Waals surface area contributed by atoms with Gasteiger partial charge < -0.3 is 5.32 Å². The monoisotopic (exact) mass is 345 g/mol. The molecule has 0 aliphatic carbocycles. The van der Waals surface area contributed by atoms with Crippen molar-refractivity contribution in [3.8, 4) is 0 Å². The summed E-state index contributed by atoms with van der Waals surface area (Å²) in [6.45, 7) is 3.19. The molecule has 112 valence electrons. The van der Waals surface area contributed by atoms with Gasteiger partial charge in [-0.2, -0.15) is 0 Å². The molecule has 0 unspecified atom stereocenters. The van der Waals surface area contributed by atoms with Gasteiger partial charge in [-0.1, -0.05) is 40.9 Å². The number of rotatable bonds is 5. The molecule has 1 N–H and O–H groups in total. The SMILES string of the molecule is Cc1cc(F)ccc1CCNCc1c(Cl)ccc(Cl)c1Cl. The van der Waals surface area contributed by atoms with Gasteiger partial charge in [0.2, 0.25) is 0 Å². The second-order valence-electron chi connectivity index (χ2n) is 4.82. The van der Waals surface area contributed by atoms with E-state index in [0.717, 1.165) is 29.7 Å². The molecule has 5 heteroatoms. The van der Waals surface area contributed by atoms with Crippen LogP contribution < -0.4 is 5.32 Å². The smallest absolute Gasteiger partial charge is 0.123 e. The molecule has 2 aromatic rings. The minimum absolute atomic E-state index is 0.207. The molecule has 0 spiro atoms. The Balaban J connectivity index is 1.92. The first-order chi connectivity index (χ1) is 9.99. The highest BCUT2D eigenvalue weighted by Gasteiger charge is 2.09. The van der Waals surface area contributed by atoms with Gasteiger partial charge in [0.05, 0.1) is 10.0 Å². The van der Waals surface area contributed by atoms with E-state index in [1.807, 2.05) is 13.0 Å². The van der Waals surface area contributed by atoms with Gasteiger partial charge in [-0.25, -0.2) is 4.39 Å². The lowest BCUT2D eigenvalue weighted by molar-refractivity contribution is 0.624. The molecule has 0 saturated heterocycles. The number of hydrogen-bond donors (Lipinski definition) is 1. The van der Waals surface area contributed by atoms with E-state index in [4.69, 9.17) is 34.8 Å². The summed E-state index contributed by atoms with van der Waals surface area (Å²) in [5.41, 5.74) is 2.87. The standard InChI is InChI=1S/C16H15Cl3FN/c1-10-8-12(20)3-2-11(10)6-7-21-9-13-14(17)4-5-15(18)16(13)19/h2-5,8,21H,6-7,9H2,1H3. The van der Waals surface area contributed by atoms with Crippen LogP contribution in [0.25, 0.3) is 0 Å². The molecule has 0 saturated carbocycles. The van der Waals surface area contributed by atoms with E-state index in [-0.39, 0.29) is 5.82 Å². The van der Waals surface area contributed by atoms with Gasteiger partial charge in [0.1, 0.15) is 5.82 Å². The average Bonchev–Trinajstić information content (AvgIpc) is 2.44. The van der Waals surface area contributed by atoms with Crippen LogP contribution in [0.15, 0.2) is 30.3 Å². The van der Waals surface area contributed by atoms with Gasteiger partial charge >= 0.3 is 0 Å². The topological polar surface area (TPSA) is 12.0 Å². The van der Waals surface area contributed by atoms with Gasteiger partial charge in [0.25, 0.3) is 0 Å². The van der Waals surface area contributed by atoms with Crippen molar-refractivity contribution in [2.24, 2.45) is 0 Å². The van der Waals surface area contributed by atoms with Crippen LogP contribution in [0.3, 0.4) is 0 Å². The fourth-order valence-electron chi connectivity index (χ4n) is 2.11. The van der Waals surface area contributed by atoms with E-state index in [0.29, 0.717) is 21.6 Å². The Morgan fingerprint density at radius 3 is 2.48 bits per heavy atom. The summed E-state index contributed by atoms with van der Waals surface area (Å²) >= 11 is 18.2. The summed E-state index contributed by atoms with van der Waals surface area (Å²) in [6.07, 6.45) is 0.807. The van der Waals surface area contributed by atoms with Gasteiger partial charge in [-0.3, -0.25) is 0 Å². The van der Waals surface area contributed by atoms with Crippen LogP contribution in [0.4, 0.5) is 4.39 Å². The van der Waals surface area contributed by atoms with Crippen LogP contribution in [-0.2, 0) is 13.0 Å². The fourth-order valence-corrected chi connectivity index (χ4v) is 2.79. The third-order valence-corrected chi connectivity index (χ3v) is 4.51. The maximum Gasteiger partial charge on any atom is 0.123 e. The number of nitrogens with one attached hydrogen (secondary N) is 1. The molecule has 0 atom stereocenters. The van der Waals surface area contributed by atoms with Crippen molar-refractivity contribution >= 4 is 34.8 Å². The van der Waals surface area contributed by atoms with Crippen molar-refractivity contribution in [1.82, 2.24) is 5.32 Å². The molecule has 2 aromatic carbocycles. The molecular weight excluding hydrogens is 332 g/mol. The summed E-state index contributed by atoms with van der Waals surface area (Å²) in [5, 5.41) is 4.85. The average molecular weight is 347 g/mol. The second kappa shape index (κ2) is 7.46. The Morgan fingerprint density at radius 1 is 1.05 bits per heavy atom. The van der Waals surface area contributed by atoms with E-state index in [2.05, 4.69) is 5.32 Å². The minimum atomic E-state index is -0.207. The quantitative estimate of drug-likeness (QED) is 0.562. The predicted molar refractivity (Wildman–Crippen MR) is 88.0 cm³/mol. The molecule has 21 heavy (non-hydrogen) atoms. The lowest BCUT2D eigenvalue weighted by Gasteiger charge is -2.11. The number of benzene rings is 2. The van der Waals surface area contributed by atoms with E-state index in [1.165, 1.54) is 6.07 Å². The zero-order chi connectivity index (χ0) is 15.4. The van der Waals surface area contributed by atoms with Crippen LogP contribution in [0.5, 0.6) is 0 Å². The largest absolute Gasteiger partial charge is 0.312 e. The Labute approximate surface area is 139 Å². The summed E-state index contributed by atoms with van der Waals surface area (Å²) in [7, 11) is 0. The zero-order valence-electron chi connectivity index (χ0n) is 11.5. The van der Waals surface area contributed by atoms with E-state index >= 15 is 0 Å². The van der Waals surface area contributed by atoms with Crippen molar-refractivity contribution in [2.75, 3.05) is 6.54 Å². The van der Waals surface area contributed by atoms with Gasteiger partial charge in [-0.15, -0.1) is 0 Å². The Kier molecular flexibility index (Phi) is 5.88.